The van der Waals surface area contributed by atoms with Crippen LogP contribution in [0.3, 0.4) is 0 Å². The molecule has 0 bridgehead atoms. The van der Waals surface area contributed by atoms with Gasteiger partial charge in [-0.15, -0.1) is 0 Å². The van der Waals surface area contributed by atoms with E-state index in [1.807, 2.05) is 0 Å². The van der Waals surface area contributed by atoms with Crippen molar-refractivity contribution in [3.63, 3.8) is 0 Å². The first-order valence-electron chi connectivity index (χ1n) is 7.14. The van der Waals surface area contributed by atoms with E-state index in [4.69, 9.17) is 4.98 Å². The lowest BCUT2D eigenvalue weighted by Crippen LogP contribution is -2.60. The fraction of sp³-hybridized carbons (Fsp3) is 0.688. The molecule has 1 aromatic rings. The van der Waals surface area contributed by atoms with Crippen molar-refractivity contribution in [1.29, 1.82) is 0 Å². The number of hydrogen-bond donors (Lipinski definition) is 1. The zero-order valence-corrected chi connectivity index (χ0v) is 11.8. The Balaban J connectivity index is 1.63. The molecule has 1 saturated heterocycles. The molecule has 1 aliphatic heterocycles. The van der Waals surface area contributed by atoms with Gasteiger partial charge in [-0.25, -0.2) is 0 Å². The van der Waals surface area contributed by atoms with Gasteiger partial charge in [-0.1, -0.05) is 26.8 Å². The molecular weight excluding hydrogens is 220 g/mol. The van der Waals surface area contributed by atoms with Gasteiger partial charge in [0.2, 0.25) is 0 Å². The summed E-state index contributed by atoms with van der Waals surface area (Å²) in [6.07, 6.45) is 3.98. The molecule has 0 atom stereocenters. The minimum absolute atomic E-state index is 0.161. The first kappa shape index (κ1) is 12.2. The summed E-state index contributed by atoms with van der Waals surface area (Å²) in [6, 6.07) is 6.52. The smallest absolute Gasteiger partial charge is 0.0460 e. The topological polar surface area (TPSA) is 24.9 Å². The average molecular weight is 244 g/mol. The predicted molar refractivity (Wildman–Crippen MR) is 74.7 cm³/mol. The molecule has 0 unspecified atom stereocenters. The third-order valence-corrected chi connectivity index (χ3v) is 4.52. The zero-order chi connectivity index (χ0) is 12.8. The van der Waals surface area contributed by atoms with Crippen LogP contribution in [0.5, 0.6) is 0 Å². The Hall–Kier alpha value is -0.890. The average Bonchev–Trinajstić information content (AvgIpc) is 2.19. The molecule has 18 heavy (non-hydrogen) atoms. The molecule has 2 fully saturated rings. The Morgan fingerprint density at radius 1 is 1.28 bits per heavy atom. The Kier molecular flexibility index (Phi) is 2.74. The van der Waals surface area contributed by atoms with Gasteiger partial charge in [0.1, 0.15) is 0 Å². The third kappa shape index (κ3) is 2.18. The number of pyridine rings is 1. The van der Waals surface area contributed by atoms with Gasteiger partial charge in [-0.3, -0.25) is 4.98 Å². The largest absolute Gasteiger partial charge is 0.316 e. The second-order valence-electron chi connectivity index (χ2n) is 7.35. The van der Waals surface area contributed by atoms with Crippen molar-refractivity contribution < 1.29 is 0 Å². The van der Waals surface area contributed by atoms with Crippen molar-refractivity contribution in [2.45, 2.75) is 45.4 Å². The highest BCUT2D eigenvalue weighted by Crippen LogP contribution is 2.49. The predicted octanol–water partition coefficient (Wildman–Crippen LogP) is 2.92. The molecule has 98 valence electrons. The summed E-state index contributed by atoms with van der Waals surface area (Å²) in [5.74, 6) is 0.870. The monoisotopic (exact) mass is 244 g/mol. The molecule has 1 saturated carbocycles. The Bertz CT molecular complexity index is 433. The van der Waals surface area contributed by atoms with Crippen LogP contribution in [0.15, 0.2) is 18.2 Å². The fourth-order valence-electron chi connectivity index (χ4n) is 3.38. The highest BCUT2D eigenvalue weighted by molar-refractivity contribution is 5.18. The summed E-state index contributed by atoms with van der Waals surface area (Å²) in [6.45, 7) is 9.20. The quantitative estimate of drug-likeness (QED) is 0.865. The summed E-state index contributed by atoms with van der Waals surface area (Å²) < 4.78 is 0. The standard InChI is InChI=1S/C16H24N2/c1-15(2,3)14-6-4-5-13(18-14)7-12-8-16(9-12)10-17-11-16/h4-6,12,17H,7-11H2,1-3H3. The van der Waals surface area contributed by atoms with Gasteiger partial charge < -0.3 is 5.32 Å². The molecule has 0 aromatic carbocycles. The van der Waals surface area contributed by atoms with Crippen molar-refractivity contribution >= 4 is 0 Å². The molecule has 1 aliphatic carbocycles. The summed E-state index contributed by atoms with van der Waals surface area (Å²) >= 11 is 0. The SMILES string of the molecule is CC(C)(C)c1cccc(CC2CC3(CNC3)C2)n1. The van der Waals surface area contributed by atoms with E-state index in [1.165, 1.54) is 43.7 Å². The van der Waals surface area contributed by atoms with E-state index in [2.05, 4.69) is 44.3 Å². The van der Waals surface area contributed by atoms with Crippen LogP contribution in [0, 0.1) is 11.3 Å². The van der Waals surface area contributed by atoms with Gasteiger partial charge in [-0.2, -0.15) is 0 Å². The number of nitrogens with zero attached hydrogens (tertiary/aromatic N) is 1. The van der Waals surface area contributed by atoms with Crippen molar-refractivity contribution in [2.75, 3.05) is 13.1 Å². The van der Waals surface area contributed by atoms with Crippen molar-refractivity contribution in [3.05, 3.63) is 29.6 Å². The Morgan fingerprint density at radius 3 is 2.56 bits per heavy atom. The van der Waals surface area contributed by atoms with Crippen LogP contribution in [0.2, 0.25) is 0 Å². The normalized spacial score (nSPS) is 22.6. The number of nitrogens with one attached hydrogen (secondary N) is 1. The summed E-state index contributed by atoms with van der Waals surface area (Å²) in [4.78, 5) is 4.84. The Labute approximate surface area is 110 Å². The molecule has 0 radical (unpaired) electrons. The summed E-state index contributed by atoms with van der Waals surface area (Å²) in [5, 5.41) is 3.40. The first-order valence-corrected chi connectivity index (χ1v) is 7.14. The minimum atomic E-state index is 0.161. The van der Waals surface area contributed by atoms with Gasteiger partial charge in [0.25, 0.3) is 0 Å². The van der Waals surface area contributed by atoms with Crippen molar-refractivity contribution in [1.82, 2.24) is 10.3 Å². The highest BCUT2D eigenvalue weighted by atomic mass is 15.0. The van der Waals surface area contributed by atoms with Gasteiger partial charge in [0.05, 0.1) is 0 Å². The zero-order valence-electron chi connectivity index (χ0n) is 11.8. The molecule has 2 heteroatoms. The fourth-order valence-corrected chi connectivity index (χ4v) is 3.38. The van der Waals surface area contributed by atoms with E-state index >= 15 is 0 Å². The van der Waals surface area contributed by atoms with Crippen molar-refractivity contribution in [3.8, 4) is 0 Å². The van der Waals surface area contributed by atoms with Gasteiger partial charge >= 0.3 is 0 Å². The molecule has 1 aromatic heterocycles. The summed E-state index contributed by atoms with van der Waals surface area (Å²) in [5.41, 5.74) is 3.36. The van der Waals surface area contributed by atoms with Gasteiger partial charge in [0.15, 0.2) is 0 Å². The number of hydrogen-bond acceptors (Lipinski definition) is 2. The van der Waals surface area contributed by atoms with Gasteiger partial charge in [-0.05, 0) is 42.7 Å². The molecule has 1 N–H and O–H groups in total. The maximum atomic E-state index is 4.84. The third-order valence-electron chi connectivity index (χ3n) is 4.52. The molecule has 3 rings (SSSR count). The lowest BCUT2D eigenvalue weighted by Gasteiger charge is -2.54. The minimum Gasteiger partial charge on any atom is -0.316 e. The lowest BCUT2D eigenvalue weighted by molar-refractivity contribution is 0.000460. The second kappa shape index (κ2) is 4.06. The maximum absolute atomic E-state index is 4.84. The summed E-state index contributed by atoms with van der Waals surface area (Å²) in [7, 11) is 0. The number of rotatable bonds is 2. The van der Waals surface area contributed by atoms with E-state index in [0.717, 1.165) is 5.92 Å². The van der Waals surface area contributed by atoms with E-state index in [-0.39, 0.29) is 5.41 Å². The van der Waals surface area contributed by atoms with Crippen LogP contribution in [-0.4, -0.2) is 18.1 Å². The molecule has 1 spiro atoms. The second-order valence-corrected chi connectivity index (χ2v) is 7.35. The van der Waals surface area contributed by atoms with Crippen LogP contribution >= 0.6 is 0 Å². The van der Waals surface area contributed by atoms with E-state index in [0.29, 0.717) is 5.41 Å². The molecule has 0 amide bonds. The molecule has 2 aliphatic rings. The molecular formula is C16H24N2. The van der Waals surface area contributed by atoms with Crippen LogP contribution in [-0.2, 0) is 11.8 Å². The molecule has 2 nitrogen and oxygen atoms in total. The first-order chi connectivity index (χ1) is 8.47. The number of aromatic nitrogens is 1. The van der Waals surface area contributed by atoms with Crippen LogP contribution < -0.4 is 5.32 Å². The Morgan fingerprint density at radius 2 is 2.00 bits per heavy atom. The maximum Gasteiger partial charge on any atom is 0.0460 e. The van der Waals surface area contributed by atoms with Crippen molar-refractivity contribution in [2.24, 2.45) is 11.3 Å². The van der Waals surface area contributed by atoms with Crippen LogP contribution in [0.1, 0.15) is 45.0 Å². The van der Waals surface area contributed by atoms with Gasteiger partial charge in [0, 0.05) is 29.9 Å². The molecule has 2 heterocycles. The van der Waals surface area contributed by atoms with Crippen LogP contribution in [0.25, 0.3) is 0 Å². The van der Waals surface area contributed by atoms with Crippen LogP contribution in [0.4, 0.5) is 0 Å². The van der Waals surface area contributed by atoms with E-state index in [9.17, 15) is 0 Å². The lowest BCUT2D eigenvalue weighted by atomic mass is 9.57. The van der Waals surface area contributed by atoms with E-state index in [1.54, 1.807) is 0 Å². The van der Waals surface area contributed by atoms with E-state index < -0.39 is 0 Å². The highest BCUT2D eigenvalue weighted by Gasteiger charge is 2.47.